The van der Waals surface area contributed by atoms with Gasteiger partial charge in [-0.05, 0) is 37.5 Å². The number of carbonyl (C=O) groups excluding carboxylic acids is 1. The summed E-state index contributed by atoms with van der Waals surface area (Å²) in [6.45, 7) is -0.0598. The molecule has 0 amide bonds. The molecule has 1 fully saturated rings. The van der Waals surface area contributed by atoms with E-state index in [-0.39, 0.29) is 24.1 Å². The van der Waals surface area contributed by atoms with Crippen LogP contribution in [-0.4, -0.2) is 18.5 Å². The number of ether oxygens (including phenoxy) is 1. The van der Waals surface area contributed by atoms with Crippen LogP contribution in [0.4, 0.5) is 8.78 Å². The van der Waals surface area contributed by atoms with Crippen LogP contribution in [0.3, 0.4) is 0 Å². The lowest BCUT2D eigenvalue weighted by Crippen LogP contribution is -2.24. The molecule has 0 N–H and O–H groups in total. The molecule has 1 saturated carbocycles. The SMILES string of the molecule is O=C(COC1CCC1)c1ccc(F)c(F)c1. The fraction of sp³-hybridized carbons (Fsp3) is 0.417. The Morgan fingerprint density at radius 2 is 2.06 bits per heavy atom. The Morgan fingerprint density at radius 3 is 2.62 bits per heavy atom. The van der Waals surface area contributed by atoms with Gasteiger partial charge in [-0.15, -0.1) is 0 Å². The molecule has 1 aromatic rings. The van der Waals surface area contributed by atoms with Gasteiger partial charge in [0.05, 0.1) is 6.10 Å². The monoisotopic (exact) mass is 226 g/mol. The number of ketones is 1. The molecule has 0 radical (unpaired) electrons. The maximum absolute atomic E-state index is 12.8. The molecule has 2 rings (SSSR count). The van der Waals surface area contributed by atoms with Crippen LogP contribution in [0.25, 0.3) is 0 Å². The van der Waals surface area contributed by atoms with Crippen LogP contribution in [0.5, 0.6) is 0 Å². The summed E-state index contributed by atoms with van der Waals surface area (Å²) in [6, 6.07) is 3.12. The number of halogens is 2. The Morgan fingerprint density at radius 1 is 1.31 bits per heavy atom. The van der Waals surface area contributed by atoms with E-state index in [1.54, 1.807) is 0 Å². The van der Waals surface area contributed by atoms with Crippen molar-refractivity contribution in [3.05, 3.63) is 35.4 Å². The molecule has 0 aromatic heterocycles. The van der Waals surface area contributed by atoms with Crippen molar-refractivity contribution in [2.45, 2.75) is 25.4 Å². The molecule has 2 nitrogen and oxygen atoms in total. The van der Waals surface area contributed by atoms with Crippen molar-refractivity contribution in [2.24, 2.45) is 0 Å². The summed E-state index contributed by atoms with van der Waals surface area (Å²) in [5.41, 5.74) is 0.151. The summed E-state index contributed by atoms with van der Waals surface area (Å²) >= 11 is 0. The van der Waals surface area contributed by atoms with E-state index in [0.717, 1.165) is 31.4 Å². The quantitative estimate of drug-likeness (QED) is 0.738. The minimum atomic E-state index is -1.01. The van der Waals surface area contributed by atoms with Gasteiger partial charge >= 0.3 is 0 Å². The summed E-state index contributed by atoms with van der Waals surface area (Å²) in [7, 11) is 0. The minimum Gasteiger partial charge on any atom is -0.370 e. The zero-order chi connectivity index (χ0) is 11.5. The van der Waals surface area contributed by atoms with Gasteiger partial charge in [-0.2, -0.15) is 0 Å². The van der Waals surface area contributed by atoms with E-state index in [1.165, 1.54) is 6.07 Å². The highest BCUT2D eigenvalue weighted by molar-refractivity contribution is 5.97. The fourth-order valence-electron chi connectivity index (χ4n) is 1.48. The molecule has 0 atom stereocenters. The largest absolute Gasteiger partial charge is 0.370 e. The van der Waals surface area contributed by atoms with E-state index in [1.807, 2.05) is 0 Å². The first kappa shape index (κ1) is 11.2. The lowest BCUT2D eigenvalue weighted by molar-refractivity contribution is 0.00729. The van der Waals surface area contributed by atoms with Gasteiger partial charge in [0.25, 0.3) is 0 Å². The van der Waals surface area contributed by atoms with Crippen LogP contribution in [0.1, 0.15) is 29.6 Å². The number of rotatable bonds is 4. The second-order valence-electron chi connectivity index (χ2n) is 3.92. The van der Waals surface area contributed by atoms with Crippen LogP contribution in [0, 0.1) is 11.6 Å². The Labute approximate surface area is 92.2 Å². The lowest BCUT2D eigenvalue weighted by Gasteiger charge is -2.25. The average molecular weight is 226 g/mol. The molecule has 0 aliphatic heterocycles. The van der Waals surface area contributed by atoms with Gasteiger partial charge in [-0.3, -0.25) is 4.79 Å². The van der Waals surface area contributed by atoms with E-state index in [4.69, 9.17) is 4.74 Å². The first-order valence-electron chi connectivity index (χ1n) is 5.26. The lowest BCUT2D eigenvalue weighted by atomic mass is 9.96. The molecule has 1 aliphatic rings. The fourth-order valence-corrected chi connectivity index (χ4v) is 1.48. The molecule has 1 aromatic carbocycles. The molecular formula is C12H12F2O2. The Bertz CT molecular complexity index is 400. The zero-order valence-corrected chi connectivity index (χ0v) is 8.71. The third-order valence-corrected chi connectivity index (χ3v) is 2.74. The van der Waals surface area contributed by atoms with E-state index in [0.29, 0.717) is 0 Å². The topological polar surface area (TPSA) is 26.3 Å². The highest BCUT2D eigenvalue weighted by atomic mass is 19.2. The second kappa shape index (κ2) is 4.70. The summed E-state index contributed by atoms with van der Waals surface area (Å²) in [4.78, 5) is 11.5. The number of hydrogen-bond acceptors (Lipinski definition) is 2. The third-order valence-electron chi connectivity index (χ3n) is 2.74. The number of hydrogen-bond donors (Lipinski definition) is 0. The van der Waals surface area contributed by atoms with Crippen LogP contribution in [0.15, 0.2) is 18.2 Å². The summed E-state index contributed by atoms with van der Waals surface area (Å²) < 4.78 is 30.8. The van der Waals surface area contributed by atoms with E-state index < -0.39 is 11.6 Å². The Balaban J connectivity index is 1.94. The van der Waals surface area contributed by atoms with Gasteiger partial charge in [0.15, 0.2) is 17.4 Å². The van der Waals surface area contributed by atoms with Gasteiger partial charge in [0.1, 0.15) is 6.61 Å². The van der Waals surface area contributed by atoms with E-state index >= 15 is 0 Å². The zero-order valence-electron chi connectivity index (χ0n) is 8.71. The maximum Gasteiger partial charge on any atom is 0.188 e. The summed E-state index contributed by atoms with van der Waals surface area (Å²) in [5.74, 6) is -2.27. The Hall–Kier alpha value is -1.29. The highest BCUT2D eigenvalue weighted by Crippen LogP contribution is 2.22. The molecule has 1 aliphatic carbocycles. The first-order valence-corrected chi connectivity index (χ1v) is 5.26. The van der Waals surface area contributed by atoms with Crippen molar-refractivity contribution >= 4 is 5.78 Å². The summed E-state index contributed by atoms with van der Waals surface area (Å²) in [6.07, 6.45) is 3.24. The Kier molecular flexibility index (Phi) is 3.29. The highest BCUT2D eigenvalue weighted by Gasteiger charge is 2.19. The molecule has 0 heterocycles. The van der Waals surface area contributed by atoms with Crippen LogP contribution >= 0.6 is 0 Å². The second-order valence-corrected chi connectivity index (χ2v) is 3.92. The van der Waals surface area contributed by atoms with Crippen LogP contribution in [-0.2, 0) is 4.74 Å². The molecule has 0 bridgehead atoms. The molecule has 0 unspecified atom stereocenters. The van der Waals surface area contributed by atoms with E-state index in [9.17, 15) is 13.6 Å². The molecule has 0 spiro atoms. The molecule has 16 heavy (non-hydrogen) atoms. The smallest absolute Gasteiger partial charge is 0.188 e. The number of benzene rings is 1. The third kappa shape index (κ3) is 2.44. The van der Waals surface area contributed by atoms with Crippen molar-refractivity contribution in [3.8, 4) is 0 Å². The van der Waals surface area contributed by atoms with Crippen molar-refractivity contribution in [2.75, 3.05) is 6.61 Å². The van der Waals surface area contributed by atoms with Gasteiger partial charge in [-0.1, -0.05) is 0 Å². The maximum atomic E-state index is 12.8. The van der Waals surface area contributed by atoms with Crippen molar-refractivity contribution in [3.63, 3.8) is 0 Å². The van der Waals surface area contributed by atoms with E-state index in [2.05, 4.69) is 0 Å². The molecular weight excluding hydrogens is 214 g/mol. The van der Waals surface area contributed by atoms with Gasteiger partial charge in [0.2, 0.25) is 0 Å². The van der Waals surface area contributed by atoms with Crippen LogP contribution in [0.2, 0.25) is 0 Å². The van der Waals surface area contributed by atoms with Crippen molar-refractivity contribution in [1.82, 2.24) is 0 Å². The molecule has 0 saturated heterocycles. The molecule has 4 heteroatoms. The number of carbonyl (C=O) groups is 1. The van der Waals surface area contributed by atoms with Crippen molar-refractivity contribution < 1.29 is 18.3 Å². The normalized spacial score (nSPS) is 15.9. The number of Topliss-reactive ketones (excluding diaryl/α,β-unsaturated/α-hetero) is 1. The first-order chi connectivity index (χ1) is 7.66. The average Bonchev–Trinajstić information content (AvgIpc) is 2.19. The standard InChI is InChI=1S/C12H12F2O2/c13-10-5-4-8(6-11(10)14)12(15)7-16-9-2-1-3-9/h4-6,9H,1-3,7H2. The van der Waals surface area contributed by atoms with Gasteiger partial charge < -0.3 is 4.74 Å². The van der Waals surface area contributed by atoms with Crippen molar-refractivity contribution in [1.29, 1.82) is 0 Å². The van der Waals surface area contributed by atoms with Gasteiger partial charge in [-0.25, -0.2) is 8.78 Å². The predicted molar refractivity (Wildman–Crippen MR) is 54.3 cm³/mol. The molecule has 86 valence electrons. The minimum absolute atomic E-state index is 0.0598. The predicted octanol–water partition coefficient (Wildman–Crippen LogP) is 2.72. The van der Waals surface area contributed by atoms with Crippen LogP contribution < -0.4 is 0 Å². The van der Waals surface area contributed by atoms with Gasteiger partial charge in [0, 0.05) is 5.56 Å². The summed E-state index contributed by atoms with van der Waals surface area (Å²) in [5, 5.41) is 0.